The minimum Gasteiger partial charge on any atom is -0.465 e. The van der Waals surface area contributed by atoms with Crippen LogP contribution in [-0.2, 0) is 4.74 Å². The van der Waals surface area contributed by atoms with Crippen molar-refractivity contribution in [2.75, 3.05) is 12.8 Å². The van der Waals surface area contributed by atoms with Crippen molar-refractivity contribution in [1.29, 1.82) is 5.26 Å². The smallest absolute Gasteiger partial charge is 0.337 e. The zero-order chi connectivity index (χ0) is 15.4. The molecule has 0 saturated carbocycles. The molecule has 6 heteroatoms. The fourth-order valence-electron chi connectivity index (χ4n) is 1.70. The summed E-state index contributed by atoms with van der Waals surface area (Å²) in [4.78, 5) is 11.4. The molecule has 0 radical (unpaired) electrons. The van der Waals surface area contributed by atoms with Gasteiger partial charge in [-0.3, -0.25) is 0 Å². The molecule has 2 N–H and O–H groups in total. The van der Waals surface area contributed by atoms with Gasteiger partial charge in [-0.1, -0.05) is 6.07 Å². The molecule has 0 aliphatic rings. The highest BCUT2D eigenvalue weighted by atomic mass is 19.1. The highest BCUT2D eigenvalue weighted by Gasteiger charge is 2.13. The number of hydrogen-bond donors (Lipinski definition) is 1. The average molecular weight is 286 g/mol. The quantitative estimate of drug-likeness (QED) is 0.692. The van der Waals surface area contributed by atoms with Gasteiger partial charge in [0.15, 0.2) is 0 Å². The summed E-state index contributed by atoms with van der Waals surface area (Å²) in [5, 5.41) is 8.93. The molecule has 0 aromatic heterocycles. The molecular weight excluding hydrogens is 275 g/mol. The lowest BCUT2D eigenvalue weighted by Crippen LogP contribution is -2.03. The number of halogens is 1. The highest BCUT2D eigenvalue weighted by molar-refractivity contribution is 5.90. The van der Waals surface area contributed by atoms with Gasteiger partial charge in [0, 0.05) is 0 Å². The Morgan fingerprint density at radius 3 is 2.67 bits per heavy atom. The number of carbonyl (C=O) groups excluding carboxylic acids is 1. The second-order valence-electron chi connectivity index (χ2n) is 4.07. The maximum absolute atomic E-state index is 13.5. The van der Waals surface area contributed by atoms with Crippen LogP contribution in [0.25, 0.3) is 0 Å². The van der Waals surface area contributed by atoms with Crippen LogP contribution in [0.5, 0.6) is 11.5 Å². The molecule has 106 valence electrons. The van der Waals surface area contributed by atoms with E-state index in [9.17, 15) is 9.18 Å². The molecule has 0 unspecified atom stereocenters. The Kier molecular flexibility index (Phi) is 4.05. The van der Waals surface area contributed by atoms with E-state index in [-0.39, 0.29) is 28.3 Å². The van der Waals surface area contributed by atoms with Crippen molar-refractivity contribution in [3.8, 4) is 17.6 Å². The number of nitrogen functional groups attached to an aromatic ring is 1. The monoisotopic (exact) mass is 286 g/mol. The van der Waals surface area contributed by atoms with Crippen LogP contribution in [0.3, 0.4) is 0 Å². The number of esters is 1. The van der Waals surface area contributed by atoms with Crippen molar-refractivity contribution >= 4 is 11.7 Å². The molecular formula is C15H11FN2O3. The predicted molar refractivity (Wildman–Crippen MR) is 73.4 cm³/mol. The third kappa shape index (κ3) is 2.92. The molecule has 0 saturated heterocycles. The van der Waals surface area contributed by atoms with Crippen LogP contribution >= 0.6 is 0 Å². The van der Waals surface area contributed by atoms with Crippen molar-refractivity contribution in [2.45, 2.75) is 0 Å². The average Bonchev–Trinajstić information content (AvgIpc) is 2.48. The lowest BCUT2D eigenvalue weighted by atomic mass is 10.2. The summed E-state index contributed by atoms with van der Waals surface area (Å²) in [6.07, 6.45) is 0. The van der Waals surface area contributed by atoms with Crippen LogP contribution in [0, 0.1) is 17.1 Å². The second kappa shape index (κ2) is 5.92. The third-order valence-electron chi connectivity index (χ3n) is 2.74. The van der Waals surface area contributed by atoms with Gasteiger partial charge in [-0.05, 0) is 30.3 Å². The lowest BCUT2D eigenvalue weighted by molar-refractivity contribution is 0.0601. The largest absolute Gasteiger partial charge is 0.465 e. The zero-order valence-corrected chi connectivity index (χ0v) is 11.1. The van der Waals surface area contributed by atoms with Gasteiger partial charge in [-0.2, -0.15) is 5.26 Å². The van der Waals surface area contributed by atoms with Crippen LogP contribution in [0.4, 0.5) is 10.1 Å². The molecule has 0 fully saturated rings. The molecule has 0 aliphatic carbocycles. The molecule has 0 heterocycles. The summed E-state index contributed by atoms with van der Waals surface area (Å²) in [5.41, 5.74) is 6.01. The maximum Gasteiger partial charge on any atom is 0.337 e. The Morgan fingerprint density at radius 2 is 2.05 bits per heavy atom. The molecule has 0 bridgehead atoms. The first-order chi connectivity index (χ1) is 10.1. The number of anilines is 1. The van der Waals surface area contributed by atoms with E-state index in [1.54, 1.807) is 6.07 Å². The number of carbonyl (C=O) groups is 1. The lowest BCUT2D eigenvalue weighted by Gasteiger charge is -2.11. The second-order valence-corrected chi connectivity index (χ2v) is 4.07. The standard InChI is InChI=1S/C15H11FN2O3/c1-20-15(19)9-5-6-14(12(18)7-9)21-13-4-2-3-11(16)10(13)8-17/h2-7H,18H2,1H3. The van der Waals surface area contributed by atoms with Gasteiger partial charge >= 0.3 is 5.97 Å². The molecule has 21 heavy (non-hydrogen) atoms. The van der Waals surface area contributed by atoms with Crippen molar-refractivity contribution in [3.05, 3.63) is 53.3 Å². The summed E-state index contributed by atoms with van der Waals surface area (Å²) >= 11 is 0. The summed E-state index contributed by atoms with van der Waals surface area (Å²) in [5.74, 6) is -0.948. The number of nitrogens with zero attached hydrogens (tertiary/aromatic N) is 1. The SMILES string of the molecule is COC(=O)c1ccc(Oc2cccc(F)c2C#N)c(N)c1. The van der Waals surface area contributed by atoms with Crippen molar-refractivity contribution in [2.24, 2.45) is 0 Å². The summed E-state index contributed by atoms with van der Waals surface area (Å²) in [6, 6.07) is 10.1. The number of hydrogen-bond acceptors (Lipinski definition) is 5. The zero-order valence-electron chi connectivity index (χ0n) is 11.1. The summed E-state index contributed by atoms with van der Waals surface area (Å²) < 4.78 is 23.5. The number of nitriles is 1. The first kappa shape index (κ1) is 14.3. The van der Waals surface area contributed by atoms with Crippen LogP contribution in [-0.4, -0.2) is 13.1 Å². The Bertz CT molecular complexity index is 738. The van der Waals surface area contributed by atoms with Gasteiger partial charge in [-0.15, -0.1) is 0 Å². The van der Waals surface area contributed by atoms with Crippen molar-refractivity contribution < 1.29 is 18.7 Å². The number of ether oxygens (including phenoxy) is 2. The molecule has 0 aliphatic heterocycles. The van der Waals surface area contributed by atoms with Gasteiger partial charge in [-0.25, -0.2) is 9.18 Å². The Hall–Kier alpha value is -3.07. The van der Waals surface area contributed by atoms with Gasteiger partial charge in [0.2, 0.25) is 0 Å². The molecule has 0 amide bonds. The Balaban J connectivity index is 2.35. The Labute approximate surface area is 120 Å². The number of methoxy groups -OCH3 is 1. The highest BCUT2D eigenvalue weighted by Crippen LogP contribution is 2.31. The van der Waals surface area contributed by atoms with Gasteiger partial charge in [0.1, 0.15) is 28.9 Å². The number of nitrogens with two attached hydrogens (primary N) is 1. The van der Waals surface area contributed by atoms with Gasteiger partial charge in [0.05, 0.1) is 18.4 Å². The number of benzene rings is 2. The van der Waals surface area contributed by atoms with Crippen molar-refractivity contribution in [1.82, 2.24) is 0 Å². The predicted octanol–water partition coefficient (Wildman–Crippen LogP) is 2.86. The van der Waals surface area contributed by atoms with Gasteiger partial charge in [0.25, 0.3) is 0 Å². The maximum atomic E-state index is 13.5. The molecule has 5 nitrogen and oxygen atoms in total. The van der Waals surface area contributed by atoms with Crippen LogP contribution in [0.2, 0.25) is 0 Å². The fourth-order valence-corrected chi connectivity index (χ4v) is 1.70. The molecule has 2 aromatic carbocycles. The Morgan fingerprint density at radius 1 is 1.29 bits per heavy atom. The van der Waals surface area contributed by atoms with E-state index in [0.29, 0.717) is 0 Å². The number of rotatable bonds is 3. The minimum absolute atomic E-state index is 0.0509. The van der Waals surface area contributed by atoms with E-state index in [0.717, 1.165) is 6.07 Å². The fraction of sp³-hybridized carbons (Fsp3) is 0.0667. The third-order valence-corrected chi connectivity index (χ3v) is 2.74. The topological polar surface area (TPSA) is 85.3 Å². The first-order valence-corrected chi connectivity index (χ1v) is 5.91. The van der Waals surface area contributed by atoms with Crippen LogP contribution < -0.4 is 10.5 Å². The summed E-state index contributed by atoms with van der Waals surface area (Å²) in [6.45, 7) is 0. The van der Waals surface area contributed by atoms with Crippen LogP contribution in [0.15, 0.2) is 36.4 Å². The minimum atomic E-state index is -0.681. The van der Waals surface area contributed by atoms with Gasteiger partial charge < -0.3 is 15.2 Å². The van der Waals surface area contributed by atoms with Crippen LogP contribution in [0.1, 0.15) is 15.9 Å². The molecule has 2 rings (SSSR count). The van der Waals surface area contributed by atoms with E-state index in [4.69, 9.17) is 15.7 Å². The molecule has 2 aromatic rings. The molecule has 0 atom stereocenters. The van der Waals surface area contributed by atoms with E-state index < -0.39 is 11.8 Å². The normalized spacial score (nSPS) is 9.76. The van der Waals surface area contributed by atoms with E-state index in [1.165, 1.54) is 37.4 Å². The first-order valence-electron chi connectivity index (χ1n) is 5.91. The molecule has 0 spiro atoms. The van der Waals surface area contributed by atoms with E-state index in [1.807, 2.05) is 0 Å². The summed E-state index contributed by atoms with van der Waals surface area (Å²) in [7, 11) is 1.26. The van der Waals surface area contributed by atoms with E-state index >= 15 is 0 Å². The van der Waals surface area contributed by atoms with E-state index in [2.05, 4.69) is 4.74 Å². The van der Waals surface area contributed by atoms with Crippen molar-refractivity contribution in [3.63, 3.8) is 0 Å².